The van der Waals surface area contributed by atoms with Gasteiger partial charge in [0.2, 0.25) is 0 Å². The van der Waals surface area contributed by atoms with Gasteiger partial charge in [0.05, 0.1) is 5.56 Å². The van der Waals surface area contributed by atoms with E-state index in [0.717, 1.165) is 30.6 Å². The average Bonchev–Trinajstić information content (AvgIpc) is 2.40. The summed E-state index contributed by atoms with van der Waals surface area (Å²) in [6.45, 7) is 0. The smallest absolute Gasteiger partial charge is 0.383 e. The summed E-state index contributed by atoms with van der Waals surface area (Å²) < 4.78 is 52.2. The van der Waals surface area contributed by atoms with Crippen molar-refractivity contribution in [2.24, 2.45) is 0 Å². The molecule has 0 aliphatic heterocycles. The molecule has 0 fully saturated rings. The van der Waals surface area contributed by atoms with Crippen molar-refractivity contribution in [1.29, 1.82) is 0 Å². The van der Waals surface area contributed by atoms with Crippen molar-refractivity contribution in [1.82, 2.24) is 4.98 Å². The number of hydrogen-bond acceptors (Lipinski definition) is 2. The highest BCUT2D eigenvalue weighted by Crippen LogP contribution is 2.36. The number of aromatic nitrogens is 1. The van der Waals surface area contributed by atoms with Crippen LogP contribution in [-0.4, -0.2) is 10.1 Å². The van der Waals surface area contributed by atoms with Gasteiger partial charge >= 0.3 is 6.18 Å². The predicted octanol–water partition coefficient (Wildman–Crippen LogP) is 3.97. The second kappa shape index (κ2) is 5.38. The Kier molecular flexibility index (Phi) is 3.96. The molecule has 0 saturated carbocycles. The number of aliphatic hydroxyl groups excluding tert-OH is 1. The molecule has 1 atom stereocenters. The molecule has 0 aliphatic carbocycles. The first kappa shape index (κ1) is 14.7. The van der Waals surface area contributed by atoms with Crippen molar-refractivity contribution in [3.8, 4) is 0 Å². The predicted molar refractivity (Wildman–Crippen MR) is 64.7 cm³/mol. The van der Waals surface area contributed by atoms with E-state index in [9.17, 15) is 22.7 Å². The van der Waals surface area contributed by atoms with E-state index >= 15 is 0 Å². The van der Waals surface area contributed by atoms with E-state index in [1.807, 2.05) is 0 Å². The molecule has 2 nitrogen and oxygen atoms in total. The summed E-state index contributed by atoms with van der Waals surface area (Å²) in [5.41, 5.74) is -1.93. The van der Waals surface area contributed by atoms with Crippen LogP contribution in [0.15, 0.2) is 36.7 Å². The average molecular weight is 306 g/mol. The van der Waals surface area contributed by atoms with E-state index in [1.54, 1.807) is 0 Å². The largest absolute Gasteiger partial charge is 0.416 e. The maximum Gasteiger partial charge on any atom is 0.416 e. The monoisotopic (exact) mass is 305 g/mol. The summed E-state index contributed by atoms with van der Waals surface area (Å²) in [6, 6.07) is 4.02. The molecule has 106 valence electrons. The van der Waals surface area contributed by atoms with Crippen molar-refractivity contribution < 1.29 is 22.7 Å². The van der Waals surface area contributed by atoms with E-state index in [4.69, 9.17) is 11.6 Å². The SMILES string of the molecule is OC(c1cc(Cl)ccc1F)c1cnccc1C(F)(F)F. The molecular formula is C13H8ClF4NO. The second-order valence-electron chi connectivity index (χ2n) is 4.03. The number of rotatable bonds is 2. The molecule has 2 rings (SSSR count). The van der Waals surface area contributed by atoms with Crippen molar-refractivity contribution >= 4 is 11.6 Å². The Labute approximate surface area is 116 Å². The Morgan fingerprint density at radius 3 is 2.50 bits per heavy atom. The van der Waals surface area contributed by atoms with Crippen molar-refractivity contribution in [2.75, 3.05) is 0 Å². The summed E-state index contributed by atoms with van der Waals surface area (Å²) in [5.74, 6) is -0.848. The van der Waals surface area contributed by atoms with Crippen molar-refractivity contribution in [3.63, 3.8) is 0 Å². The molecule has 2 aromatic rings. The minimum Gasteiger partial charge on any atom is -0.383 e. The van der Waals surface area contributed by atoms with E-state index < -0.39 is 29.2 Å². The Balaban J connectivity index is 2.54. The minimum atomic E-state index is -4.67. The third-order valence-corrected chi connectivity index (χ3v) is 2.94. The zero-order valence-corrected chi connectivity index (χ0v) is 10.6. The molecule has 1 N–H and O–H groups in total. The quantitative estimate of drug-likeness (QED) is 0.852. The molecule has 1 heterocycles. The highest BCUT2D eigenvalue weighted by atomic mass is 35.5. The second-order valence-corrected chi connectivity index (χ2v) is 4.47. The zero-order valence-electron chi connectivity index (χ0n) is 9.83. The first-order valence-corrected chi connectivity index (χ1v) is 5.82. The number of alkyl halides is 3. The Bertz CT molecular complexity index is 630. The van der Waals surface area contributed by atoms with Crippen LogP contribution in [0, 0.1) is 5.82 Å². The summed E-state index contributed by atoms with van der Waals surface area (Å²) in [7, 11) is 0. The van der Waals surface area contributed by atoms with Crippen LogP contribution in [0.4, 0.5) is 17.6 Å². The van der Waals surface area contributed by atoms with Crippen LogP contribution in [0.25, 0.3) is 0 Å². The molecule has 0 radical (unpaired) electrons. The first-order chi connectivity index (χ1) is 9.30. The summed E-state index contributed by atoms with van der Waals surface area (Å²) >= 11 is 5.66. The van der Waals surface area contributed by atoms with Gasteiger partial charge in [-0.2, -0.15) is 13.2 Å². The molecule has 0 spiro atoms. The van der Waals surface area contributed by atoms with Crippen LogP contribution < -0.4 is 0 Å². The van der Waals surface area contributed by atoms with E-state index in [0.29, 0.717) is 0 Å². The minimum absolute atomic E-state index is 0.109. The fourth-order valence-corrected chi connectivity index (χ4v) is 1.95. The number of pyridine rings is 1. The van der Waals surface area contributed by atoms with Gasteiger partial charge in [0.25, 0.3) is 0 Å². The van der Waals surface area contributed by atoms with E-state index in [2.05, 4.69) is 4.98 Å². The lowest BCUT2D eigenvalue weighted by molar-refractivity contribution is -0.139. The fraction of sp³-hybridized carbons (Fsp3) is 0.154. The summed E-state index contributed by atoms with van der Waals surface area (Å²) in [4.78, 5) is 3.54. The topological polar surface area (TPSA) is 33.1 Å². The summed E-state index contributed by atoms with van der Waals surface area (Å²) in [5, 5.41) is 10.1. The highest BCUT2D eigenvalue weighted by molar-refractivity contribution is 6.30. The van der Waals surface area contributed by atoms with Crippen LogP contribution in [-0.2, 0) is 6.18 Å². The first-order valence-electron chi connectivity index (χ1n) is 5.45. The lowest BCUT2D eigenvalue weighted by Gasteiger charge is -2.17. The van der Waals surface area contributed by atoms with E-state index in [1.165, 1.54) is 6.07 Å². The van der Waals surface area contributed by atoms with Gasteiger partial charge < -0.3 is 5.11 Å². The molecule has 0 amide bonds. The number of halogens is 5. The lowest BCUT2D eigenvalue weighted by Crippen LogP contribution is -2.14. The maximum atomic E-state index is 13.6. The normalized spacial score (nSPS) is 13.3. The molecule has 20 heavy (non-hydrogen) atoms. The summed E-state index contributed by atoms with van der Waals surface area (Å²) in [6.07, 6.45) is -4.67. The molecule has 0 saturated heterocycles. The van der Waals surface area contributed by atoms with Crippen molar-refractivity contribution in [2.45, 2.75) is 12.3 Å². The Morgan fingerprint density at radius 1 is 1.15 bits per heavy atom. The Morgan fingerprint density at radius 2 is 1.85 bits per heavy atom. The van der Waals surface area contributed by atoms with Gasteiger partial charge in [-0.3, -0.25) is 4.98 Å². The van der Waals surface area contributed by atoms with E-state index in [-0.39, 0.29) is 10.6 Å². The number of benzene rings is 1. The van der Waals surface area contributed by atoms with Crippen LogP contribution in [0.2, 0.25) is 5.02 Å². The van der Waals surface area contributed by atoms with Crippen LogP contribution in [0.3, 0.4) is 0 Å². The molecule has 1 unspecified atom stereocenters. The molecular weight excluding hydrogens is 298 g/mol. The van der Waals surface area contributed by atoms with Crippen LogP contribution in [0.5, 0.6) is 0 Å². The molecule has 7 heteroatoms. The number of hydrogen-bond donors (Lipinski definition) is 1. The maximum absolute atomic E-state index is 13.6. The van der Waals surface area contributed by atoms with Crippen LogP contribution >= 0.6 is 11.6 Å². The molecule has 0 bridgehead atoms. The van der Waals surface area contributed by atoms with Gasteiger partial charge in [0.15, 0.2) is 0 Å². The third kappa shape index (κ3) is 2.91. The van der Waals surface area contributed by atoms with Crippen molar-refractivity contribution in [3.05, 3.63) is 64.2 Å². The van der Waals surface area contributed by atoms with Gasteiger partial charge in [-0.25, -0.2) is 4.39 Å². The molecule has 1 aromatic heterocycles. The fourth-order valence-electron chi connectivity index (χ4n) is 1.77. The molecule has 1 aromatic carbocycles. The number of nitrogens with zero attached hydrogens (tertiary/aromatic N) is 1. The lowest BCUT2D eigenvalue weighted by atomic mass is 9.98. The van der Waals surface area contributed by atoms with Gasteiger partial charge in [0.1, 0.15) is 11.9 Å². The third-order valence-electron chi connectivity index (χ3n) is 2.70. The Hall–Kier alpha value is -1.66. The van der Waals surface area contributed by atoms with Gasteiger partial charge in [-0.15, -0.1) is 0 Å². The zero-order chi connectivity index (χ0) is 14.9. The van der Waals surface area contributed by atoms with Gasteiger partial charge in [0, 0.05) is 28.5 Å². The van der Waals surface area contributed by atoms with Gasteiger partial charge in [-0.1, -0.05) is 11.6 Å². The van der Waals surface area contributed by atoms with Gasteiger partial charge in [-0.05, 0) is 24.3 Å². The van der Waals surface area contributed by atoms with Crippen LogP contribution in [0.1, 0.15) is 22.8 Å². The highest BCUT2D eigenvalue weighted by Gasteiger charge is 2.35. The number of aliphatic hydroxyl groups is 1. The standard InChI is InChI=1S/C13H8ClF4NO/c14-7-1-2-11(15)8(5-7)12(20)9-6-19-4-3-10(9)13(16,17)18/h1-6,12,20H. The molecule has 0 aliphatic rings.